The molecule has 0 bridgehead atoms. The molecule has 2 unspecified atom stereocenters. The van der Waals surface area contributed by atoms with Crippen molar-refractivity contribution in [3.05, 3.63) is 29.8 Å². The average molecular weight is 318 g/mol. The minimum atomic E-state index is -3.15. The maximum Gasteiger partial charge on any atom is 0.251 e. The van der Waals surface area contributed by atoms with Crippen molar-refractivity contribution in [3.63, 3.8) is 0 Å². The Morgan fingerprint density at radius 3 is 2.50 bits per heavy atom. The van der Waals surface area contributed by atoms with E-state index in [1.807, 2.05) is 6.92 Å². The topological polar surface area (TPSA) is 72.5 Å². The minimum Gasteiger partial charge on any atom is -0.494 e. The monoisotopic (exact) mass is 317 g/mol. The maximum absolute atomic E-state index is 12.0. The van der Waals surface area contributed by atoms with E-state index in [0.29, 0.717) is 17.9 Å². The molecule has 20 heavy (non-hydrogen) atoms. The SMILES string of the molecule is CCOc1ccc(C(=O)NC2CS(=O)(=O)CC2Cl)cc1. The second-order valence-corrected chi connectivity index (χ2v) is 7.34. The number of carbonyl (C=O) groups excluding carboxylic acids is 1. The number of sulfone groups is 1. The van der Waals surface area contributed by atoms with Gasteiger partial charge in [0.15, 0.2) is 9.84 Å². The molecule has 1 aliphatic heterocycles. The molecule has 0 radical (unpaired) electrons. The Hall–Kier alpha value is -1.27. The summed E-state index contributed by atoms with van der Waals surface area (Å²) in [6.45, 7) is 2.43. The summed E-state index contributed by atoms with van der Waals surface area (Å²) in [5.74, 6) is 0.149. The van der Waals surface area contributed by atoms with Gasteiger partial charge in [0.05, 0.1) is 29.5 Å². The number of hydrogen-bond donors (Lipinski definition) is 1. The third-order valence-corrected chi connectivity index (χ3v) is 5.40. The van der Waals surface area contributed by atoms with Gasteiger partial charge in [-0.05, 0) is 31.2 Å². The Morgan fingerprint density at radius 1 is 1.35 bits per heavy atom. The predicted octanol–water partition coefficient (Wildman–Crippen LogP) is 1.22. The summed E-state index contributed by atoms with van der Waals surface area (Å²) in [6.07, 6.45) is 0. The van der Waals surface area contributed by atoms with Crippen LogP contribution in [-0.2, 0) is 9.84 Å². The molecule has 1 saturated heterocycles. The van der Waals surface area contributed by atoms with Crippen LogP contribution in [0.4, 0.5) is 0 Å². The molecule has 1 heterocycles. The van der Waals surface area contributed by atoms with Crippen molar-refractivity contribution in [3.8, 4) is 5.75 Å². The van der Waals surface area contributed by atoms with Gasteiger partial charge < -0.3 is 10.1 Å². The van der Waals surface area contributed by atoms with Gasteiger partial charge in [-0.25, -0.2) is 8.42 Å². The number of amides is 1. The van der Waals surface area contributed by atoms with Gasteiger partial charge in [0.25, 0.3) is 5.91 Å². The standard InChI is InChI=1S/C13H16ClNO4S/c1-2-19-10-5-3-9(4-6-10)13(16)15-12-8-20(17,18)7-11(12)14/h3-6,11-12H,2,7-8H2,1H3,(H,15,16). The number of rotatable bonds is 4. The molecule has 1 amide bonds. The third-order valence-electron chi connectivity index (χ3n) is 3.03. The Kier molecular flexibility index (Phi) is 4.55. The molecule has 0 saturated carbocycles. The van der Waals surface area contributed by atoms with Gasteiger partial charge in [-0.2, -0.15) is 0 Å². The largest absolute Gasteiger partial charge is 0.494 e. The molecular formula is C13H16ClNO4S. The summed E-state index contributed by atoms with van der Waals surface area (Å²) in [6, 6.07) is 6.12. The van der Waals surface area contributed by atoms with Crippen LogP contribution in [0, 0.1) is 0 Å². The highest BCUT2D eigenvalue weighted by atomic mass is 35.5. The highest BCUT2D eigenvalue weighted by molar-refractivity contribution is 7.91. The molecule has 1 fully saturated rings. The predicted molar refractivity (Wildman–Crippen MR) is 77.2 cm³/mol. The first-order valence-electron chi connectivity index (χ1n) is 6.29. The molecule has 2 rings (SSSR count). The second-order valence-electron chi connectivity index (χ2n) is 4.63. The lowest BCUT2D eigenvalue weighted by atomic mass is 10.2. The van der Waals surface area contributed by atoms with Crippen molar-refractivity contribution >= 4 is 27.3 Å². The Morgan fingerprint density at radius 2 is 2.00 bits per heavy atom. The van der Waals surface area contributed by atoms with Crippen LogP contribution in [0.3, 0.4) is 0 Å². The van der Waals surface area contributed by atoms with Crippen molar-refractivity contribution in [2.45, 2.75) is 18.3 Å². The Bertz CT molecular complexity index is 585. The van der Waals surface area contributed by atoms with Gasteiger partial charge in [0.1, 0.15) is 5.75 Å². The number of alkyl halides is 1. The first-order valence-corrected chi connectivity index (χ1v) is 8.55. The highest BCUT2D eigenvalue weighted by Gasteiger charge is 2.37. The molecule has 1 aromatic carbocycles. The zero-order valence-electron chi connectivity index (χ0n) is 11.0. The van der Waals surface area contributed by atoms with E-state index in [1.165, 1.54) is 0 Å². The smallest absolute Gasteiger partial charge is 0.251 e. The van der Waals surface area contributed by atoms with Crippen molar-refractivity contribution in [2.75, 3.05) is 18.1 Å². The van der Waals surface area contributed by atoms with Crippen LogP contribution < -0.4 is 10.1 Å². The Labute approximate surface area is 123 Å². The van der Waals surface area contributed by atoms with E-state index < -0.39 is 21.3 Å². The van der Waals surface area contributed by atoms with E-state index >= 15 is 0 Å². The summed E-state index contributed by atoms with van der Waals surface area (Å²) in [7, 11) is -3.15. The first kappa shape index (κ1) is 15.1. The normalized spacial score (nSPS) is 24.3. The van der Waals surface area contributed by atoms with Gasteiger partial charge in [-0.3, -0.25) is 4.79 Å². The molecule has 1 aliphatic rings. The molecule has 7 heteroatoms. The lowest BCUT2D eigenvalue weighted by Crippen LogP contribution is -2.40. The van der Waals surface area contributed by atoms with Crippen LogP contribution in [-0.4, -0.2) is 43.9 Å². The summed E-state index contributed by atoms with van der Waals surface area (Å²) >= 11 is 5.95. The van der Waals surface area contributed by atoms with Crippen LogP contribution in [0.25, 0.3) is 0 Å². The van der Waals surface area contributed by atoms with Crippen LogP contribution in [0.15, 0.2) is 24.3 Å². The van der Waals surface area contributed by atoms with Crippen molar-refractivity contribution in [1.29, 1.82) is 0 Å². The highest BCUT2D eigenvalue weighted by Crippen LogP contribution is 2.19. The summed E-state index contributed by atoms with van der Waals surface area (Å²) < 4.78 is 28.2. The molecule has 0 aromatic heterocycles. The molecule has 2 atom stereocenters. The van der Waals surface area contributed by atoms with E-state index in [1.54, 1.807) is 24.3 Å². The summed E-state index contributed by atoms with van der Waals surface area (Å²) in [4.78, 5) is 12.0. The van der Waals surface area contributed by atoms with E-state index in [4.69, 9.17) is 16.3 Å². The van der Waals surface area contributed by atoms with Gasteiger partial charge in [-0.15, -0.1) is 11.6 Å². The molecule has 1 aromatic rings. The molecule has 5 nitrogen and oxygen atoms in total. The van der Waals surface area contributed by atoms with Gasteiger partial charge in [0.2, 0.25) is 0 Å². The van der Waals surface area contributed by atoms with Gasteiger partial charge in [-0.1, -0.05) is 0 Å². The average Bonchev–Trinajstić information content (AvgIpc) is 2.63. The minimum absolute atomic E-state index is 0.0945. The molecular weight excluding hydrogens is 302 g/mol. The number of ether oxygens (including phenoxy) is 1. The van der Waals surface area contributed by atoms with Crippen LogP contribution >= 0.6 is 11.6 Å². The zero-order chi connectivity index (χ0) is 14.8. The second kappa shape index (κ2) is 6.01. The lowest BCUT2D eigenvalue weighted by molar-refractivity contribution is 0.0941. The van der Waals surface area contributed by atoms with Crippen molar-refractivity contribution < 1.29 is 17.9 Å². The lowest BCUT2D eigenvalue weighted by Gasteiger charge is -2.14. The molecule has 0 aliphatic carbocycles. The number of halogens is 1. The zero-order valence-corrected chi connectivity index (χ0v) is 12.6. The first-order chi connectivity index (χ1) is 9.41. The number of carbonyl (C=O) groups is 1. The van der Waals surface area contributed by atoms with Gasteiger partial charge >= 0.3 is 0 Å². The number of benzene rings is 1. The molecule has 1 N–H and O–H groups in total. The Balaban J connectivity index is 2.01. The van der Waals surface area contributed by atoms with Crippen molar-refractivity contribution in [2.24, 2.45) is 0 Å². The quantitative estimate of drug-likeness (QED) is 0.848. The van der Waals surface area contributed by atoms with E-state index in [2.05, 4.69) is 5.32 Å². The van der Waals surface area contributed by atoms with Crippen LogP contribution in [0.1, 0.15) is 17.3 Å². The summed E-state index contributed by atoms with van der Waals surface area (Å²) in [5.41, 5.74) is 0.446. The van der Waals surface area contributed by atoms with Gasteiger partial charge in [0, 0.05) is 5.56 Å². The summed E-state index contributed by atoms with van der Waals surface area (Å²) in [5, 5.41) is 2.08. The number of hydrogen-bond acceptors (Lipinski definition) is 4. The fourth-order valence-electron chi connectivity index (χ4n) is 2.06. The molecule has 0 spiro atoms. The van der Waals surface area contributed by atoms with E-state index in [0.717, 1.165) is 0 Å². The number of nitrogens with one attached hydrogen (secondary N) is 1. The van der Waals surface area contributed by atoms with E-state index in [9.17, 15) is 13.2 Å². The van der Waals surface area contributed by atoms with Crippen molar-refractivity contribution in [1.82, 2.24) is 5.32 Å². The van der Waals surface area contributed by atoms with Crippen LogP contribution in [0.5, 0.6) is 5.75 Å². The molecule has 110 valence electrons. The van der Waals surface area contributed by atoms with E-state index in [-0.39, 0.29) is 17.4 Å². The van der Waals surface area contributed by atoms with Crippen LogP contribution in [0.2, 0.25) is 0 Å². The fraction of sp³-hybridized carbons (Fsp3) is 0.462. The fourth-order valence-corrected chi connectivity index (χ4v) is 4.61. The maximum atomic E-state index is 12.0. The third kappa shape index (κ3) is 3.64.